The molecule has 0 aromatic heterocycles. The summed E-state index contributed by atoms with van der Waals surface area (Å²) in [5.41, 5.74) is 5.76. The van der Waals surface area contributed by atoms with Gasteiger partial charge < -0.3 is 5.73 Å². The van der Waals surface area contributed by atoms with E-state index in [4.69, 9.17) is 5.73 Å². The van der Waals surface area contributed by atoms with Gasteiger partial charge in [-0.25, -0.2) is 0 Å². The molecule has 2 fully saturated rings. The number of hydrogen-bond acceptors (Lipinski definition) is 2. The molecule has 76 valence electrons. The van der Waals surface area contributed by atoms with Crippen molar-refractivity contribution in [1.82, 2.24) is 4.90 Å². The Hall–Kier alpha value is -0.0800. The van der Waals surface area contributed by atoms with Crippen LogP contribution in [0.2, 0.25) is 0 Å². The molecule has 2 N–H and O–H groups in total. The largest absolute Gasteiger partial charge is 0.325 e. The van der Waals surface area contributed by atoms with Gasteiger partial charge in [0.1, 0.15) is 0 Å². The molecule has 13 heavy (non-hydrogen) atoms. The monoisotopic (exact) mass is 182 g/mol. The fraction of sp³-hybridized carbons (Fsp3) is 1.00. The van der Waals surface area contributed by atoms with Gasteiger partial charge in [-0.15, -0.1) is 0 Å². The zero-order chi connectivity index (χ0) is 9.26. The van der Waals surface area contributed by atoms with Gasteiger partial charge in [-0.2, -0.15) is 0 Å². The van der Waals surface area contributed by atoms with Crippen LogP contribution < -0.4 is 5.73 Å². The van der Waals surface area contributed by atoms with E-state index in [9.17, 15) is 0 Å². The standard InChI is InChI=1S/C11H22N2/c1-9-3-2-4-10(5-9)6-13-7-11(12)8-13/h9-11H,2-8,12H2,1H3. The Morgan fingerprint density at radius 1 is 1.31 bits per heavy atom. The minimum absolute atomic E-state index is 0.473. The maximum atomic E-state index is 5.76. The molecule has 2 rings (SSSR count). The zero-order valence-electron chi connectivity index (χ0n) is 8.71. The van der Waals surface area contributed by atoms with Gasteiger partial charge in [0.2, 0.25) is 0 Å². The number of hydrogen-bond donors (Lipinski definition) is 1. The quantitative estimate of drug-likeness (QED) is 0.700. The molecule has 0 amide bonds. The van der Waals surface area contributed by atoms with Gasteiger partial charge in [-0.3, -0.25) is 4.90 Å². The van der Waals surface area contributed by atoms with Crippen molar-refractivity contribution in [3.8, 4) is 0 Å². The molecule has 1 aliphatic carbocycles. The van der Waals surface area contributed by atoms with Crippen LogP contribution in [0.1, 0.15) is 32.6 Å². The van der Waals surface area contributed by atoms with Crippen molar-refractivity contribution in [3.63, 3.8) is 0 Å². The highest BCUT2D eigenvalue weighted by Crippen LogP contribution is 2.29. The minimum atomic E-state index is 0.473. The highest BCUT2D eigenvalue weighted by atomic mass is 15.2. The Kier molecular flexibility index (Phi) is 2.89. The molecule has 0 radical (unpaired) electrons. The third-order valence-electron chi connectivity index (χ3n) is 3.55. The van der Waals surface area contributed by atoms with E-state index in [1.54, 1.807) is 0 Å². The lowest BCUT2D eigenvalue weighted by Crippen LogP contribution is -2.56. The molecule has 1 saturated heterocycles. The maximum absolute atomic E-state index is 5.76. The Labute approximate surface area is 81.5 Å². The summed E-state index contributed by atoms with van der Waals surface area (Å²) in [6.45, 7) is 6.00. The van der Waals surface area contributed by atoms with Gasteiger partial charge in [0.05, 0.1) is 0 Å². The summed E-state index contributed by atoms with van der Waals surface area (Å²) in [6, 6.07) is 0.473. The first-order chi connectivity index (χ1) is 6.24. The van der Waals surface area contributed by atoms with Crippen LogP contribution >= 0.6 is 0 Å². The highest BCUT2D eigenvalue weighted by molar-refractivity contribution is 4.85. The van der Waals surface area contributed by atoms with Crippen LogP contribution in [0.5, 0.6) is 0 Å². The van der Waals surface area contributed by atoms with E-state index in [0.717, 1.165) is 24.9 Å². The van der Waals surface area contributed by atoms with Crippen molar-refractivity contribution < 1.29 is 0 Å². The minimum Gasteiger partial charge on any atom is -0.325 e. The Morgan fingerprint density at radius 2 is 2.08 bits per heavy atom. The molecule has 2 unspecified atom stereocenters. The van der Waals surface area contributed by atoms with Crippen LogP contribution in [-0.4, -0.2) is 30.6 Å². The number of nitrogens with two attached hydrogens (primary N) is 1. The molecular weight excluding hydrogens is 160 g/mol. The first kappa shape index (κ1) is 9.47. The third-order valence-corrected chi connectivity index (χ3v) is 3.55. The van der Waals surface area contributed by atoms with Gasteiger partial charge in [0, 0.05) is 25.7 Å². The van der Waals surface area contributed by atoms with E-state index < -0.39 is 0 Å². The predicted molar refractivity (Wildman–Crippen MR) is 55.5 cm³/mol. The highest BCUT2D eigenvalue weighted by Gasteiger charge is 2.27. The summed E-state index contributed by atoms with van der Waals surface area (Å²) in [4.78, 5) is 2.52. The van der Waals surface area contributed by atoms with E-state index in [-0.39, 0.29) is 0 Å². The lowest BCUT2D eigenvalue weighted by atomic mass is 9.82. The molecule has 2 atom stereocenters. The molecule has 2 nitrogen and oxygen atoms in total. The van der Waals surface area contributed by atoms with Crippen molar-refractivity contribution in [1.29, 1.82) is 0 Å². The third kappa shape index (κ3) is 2.44. The summed E-state index contributed by atoms with van der Waals surface area (Å²) >= 11 is 0. The van der Waals surface area contributed by atoms with Crippen LogP contribution in [0.4, 0.5) is 0 Å². The molecule has 1 heterocycles. The molecule has 0 aromatic carbocycles. The molecule has 0 spiro atoms. The molecule has 1 saturated carbocycles. The average molecular weight is 182 g/mol. The number of likely N-dealkylation sites (tertiary alicyclic amines) is 1. The van der Waals surface area contributed by atoms with Crippen LogP contribution in [0.15, 0.2) is 0 Å². The van der Waals surface area contributed by atoms with Crippen molar-refractivity contribution in [2.75, 3.05) is 19.6 Å². The second kappa shape index (κ2) is 3.97. The van der Waals surface area contributed by atoms with E-state index in [0.29, 0.717) is 6.04 Å². The van der Waals surface area contributed by atoms with Crippen molar-refractivity contribution in [2.45, 2.75) is 38.6 Å². The fourth-order valence-corrected chi connectivity index (χ4v) is 2.85. The summed E-state index contributed by atoms with van der Waals surface area (Å²) in [5.74, 6) is 1.94. The van der Waals surface area contributed by atoms with Crippen molar-refractivity contribution >= 4 is 0 Å². The van der Waals surface area contributed by atoms with E-state index in [1.807, 2.05) is 0 Å². The lowest BCUT2D eigenvalue weighted by Gasteiger charge is -2.40. The molecule has 2 aliphatic rings. The summed E-state index contributed by atoms with van der Waals surface area (Å²) < 4.78 is 0. The molecule has 0 bridgehead atoms. The van der Waals surface area contributed by atoms with Gasteiger partial charge >= 0.3 is 0 Å². The Balaban J connectivity index is 1.69. The second-order valence-electron chi connectivity index (χ2n) is 5.12. The van der Waals surface area contributed by atoms with Crippen LogP contribution in [0, 0.1) is 11.8 Å². The number of rotatable bonds is 2. The lowest BCUT2D eigenvalue weighted by molar-refractivity contribution is 0.105. The Morgan fingerprint density at radius 3 is 2.69 bits per heavy atom. The normalized spacial score (nSPS) is 37.4. The van der Waals surface area contributed by atoms with Gasteiger partial charge in [-0.1, -0.05) is 19.8 Å². The first-order valence-corrected chi connectivity index (χ1v) is 5.72. The molecule has 1 aliphatic heterocycles. The topological polar surface area (TPSA) is 29.3 Å². The SMILES string of the molecule is CC1CCCC(CN2CC(N)C2)C1. The van der Waals surface area contributed by atoms with Crippen LogP contribution in [-0.2, 0) is 0 Å². The van der Waals surface area contributed by atoms with E-state index in [1.165, 1.54) is 32.2 Å². The van der Waals surface area contributed by atoms with Gasteiger partial charge in [-0.05, 0) is 24.7 Å². The smallest absolute Gasteiger partial charge is 0.0297 e. The predicted octanol–water partition coefficient (Wildman–Crippen LogP) is 1.46. The molecular formula is C11H22N2. The average Bonchev–Trinajstić information content (AvgIpc) is 2.01. The first-order valence-electron chi connectivity index (χ1n) is 5.72. The maximum Gasteiger partial charge on any atom is 0.0297 e. The van der Waals surface area contributed by atoms with Gasteiger partial charge in [0.15, 0.2) is 0 Å². The van der Waals surface area contributed by atoms with Gasteiger partial charge in [0.25, 0.3) is 0 Å². The summed E-state index contributed by atoms with van der Waals surface area (Å²) in [6.07, 6.45) is 5.81. The molecule has 0 aromatic rings. The van der Waals surface area contributed by atoms with Crippen molar-refractivity contribution in [2.24, 2.45) is 17.6 Å². The van der Waals surface area contributed by atoms with Crippen LogP contribution in [0.3, 0.4) is 0 Å². The fourth-order valence-electron chi connectivity index (χ4n) is 2.85. The number of nitrogens with zero attached hydrogens (tertiary/aromatic N) is 1. The summed E-state index contributed by atoms with van der Waals surface area (Å²) in [5, 5.41) is 0. The second-order valence-corrected chi connectivity index (χ2v) is 5.12. The van der Waals surface area contributed by atoms with E-state index >= 15 is 0 Å². The molecule has 2 heteroatoms. The summed E-state index contributed by atoms with van der Waals surface area (Å²) in [7, 11) is 0. The van der Waals surface area contributed by atoms with E-state index in [2.05, 4.69) is 11.8 Å². The van der Waals surface area contributed by atoms with Crippen molar-refractivity contribution in [3.05, 3.63) is 0 Å². The van der Waals surface area contributed by atoms with Crippen LogP contribution in [0.25, 0.3) is 0 Å². The Bertz CT molecular complexity index is 163. The zero-order valence-corrected chi connectivity index (χ0v) is 8.71.